The molecule has 100 valence electrons. The van der Waals surface area contributed by atoms with E-state index in [0.29, 0.717) is 5.92 Å². The first-order valence-electron chi connectivity index (χ1n) is 6.93. The van der Waals surface area contributed by atoms with Crippen molar-refractivity contribution in [3.05, 3.63) is 83.5 Å². The zero-order valence-electron chi connectivity index (χ0n) is 11.6. The summed E-state index contributed by atoms with van der Waals surface area (Å²) in [6, 6.07) is 16.7. The molecule has 0 bridgehead atoms. The van der Waals surface area contributed by atoms with Crippen molar-refractivity contribution in [2.45, 2.75) is 19.4 Å². The summed E-state index contributed by atoms with van der Waals surface area (Å²) < 4.78 is 0. The molecular weight excluding hydrogens is 244 g/mol. The Bertz CT molecular complexity index is 662. The van der Waals surface area contributed by atoms with Gasteiger partial charge in [0.25, 0.3) is 0 Å². The van der Waals surface area contributed by atoms with Gasteiger partial charge >= 0.3 is 0 Å². The first kappa shape index (κ1) is 12.9. The maximum absolute atomic E-state index is 9.14. The Balaban J connectivity index is 2.03. The van der Waals surface area contributed by atoms with E-state index in [1.54, 1.807) is 0 Å². The van der Waals surface area contributed by atoms with Crippen molar-refractivity contribution < 1.29 is 5.11 Å². The van der Waals surface area contributed by atoms with E-state index in [4.69, 9.17) is 5.11 Å². The predicted octanol–water partition coefficient (Wildman–Crippen LogP) is 4.45. The van der Waals surface area contributed by atoms with Gasteiger partial charge in [0.1, 0.15) is 0 Å². The summed E-state index contributed by atoms with van der Waals surface area (Å²) in [5.74, 6) is 0.365. The molecule has 0 heterocycles. The molecule has 1 N–H and O–H groups in total. The third-order valence-electron chi connectivity index (χ3n) is 3.78. The van der Waals surface area contributed by atoms with Crippen LogP contribution in [-0.2, 0) is 6.61 Å². The Labute approximate surface area is 119 Å². The fraction of sp³-hybridized carbons (Fsp3) is 0.158. The molecule has 1 aliphatic rings. The molecule has 1 aliphatic carbocycles. The number of hydrogen-bond acceptors (Lipinski definition) is 1. The largest absolute Gasteiger partial charge is 0.392 e. The first-order valence-corrected chi connectivity index (χ1v) is 6.93. The Kier molecular flexibility index (Phi) is 3.53. The molecule has 0 amide bonds. The van der Waals surface area contributed by atoms with E-state index in [-0.39, 0.29) is 6.61 Å². The van der Waals surface area contributed by atoms with Crippen LogP contribution in [0.15, 0.2) is 72.3 Å². The summed E-state index contributed by atoms with van der Waals surface area (Å²) in [6.45, 7) is 2.23. The molecular formula is C19H18O. The lowest BCUT2D eigenvalue weighted by atomic mass is 9.91. The minimum absolute atomic E-state index is 0.0925. The number of aliphatic hydroxyl groups excluding tert-OH is 1. The second-order valence-corrected chi connectivity index (χ2v) is 5.24. The van der Waals surface area contributed by atoms with Crippen molar-refractivity contribution in [1.82, 2.24) is 0 Å². The highest BCUT2D eigenvalue weighted by Crippen LogP contribution is 2.34. The number of allylic oxidation sites excluding steroid dienone is 4. The highest BCUT2D eigenvalue weighted by atomic mass is 16.3. The fourth-order valence-corrected chi connectivity index (χ4v) is 2.68. The van der Waals surface area contributed by atoms with Crippen LogP contribution in [0.25, 0.3) is 11.1 Å². The van der Waals surface area contributed by atoms with Crippen LogP contribution in [0.2, 0.25) is 0 Å². The second-order valence-electron chi connectivity index (χ2n) is 5.24. The Morgan fingerprint density at radius 2 is 1.75 bits per heavy atom. The normalized spacial score (nSPS) is 17.3. The van der Waals surface area contributed by atoms with Crippen molar-refractivity contribution >= 4 is 0 Å². The molecule has 1 atom stereocenters. The molecule has 3 rings (SSSR count). The Morgan fingerprint density at radius 1 is 1.00 bits per heavy atom. The SMILES string of the molecule is CC1=CC(c2ccccc2-c2ccc(CO)cc2)C=C1. The number of rotatable bonds is 3. The third-order valence-corrected chi connectivity index (χ3v) is 3.78. The molecule has 2 aromatic carbocycles. The average molecular weight is 262 g/mol. The van der Waals surface area contributed by atoms with E-state index in [2.05, 4.69) is 61.5 Å². The molecule has 0 spiro atoms. The van der Waals surface area contributed by atoms with Crippen molar-refractivity contribution in [2.75, 3.05) is 0 Å². The Hall–Kier alpha value is -2.12. The van der Waals surface area contributed by atoms with Crippen molar-refractivity contribution in [1.29, 1.82) is 0 Å². The van der Waals surface area contributed by atoms with Gasteiger partial charge in [-0.05, 0) is 29.2 Å². The molecule has 0 saturated carbocycles. The molecule has 0 radical (unpaired) electrons. The van der Waals surface area contributed by atoms with Gasteiger partial charge in [0, 0.05) is 5.92 Å². The van der Waals surface area contributed by atoms with Gasteiger partial charge in [0.15, 0.2) is 0 Å². The highest BCUT2D eigenvalue weighted by molar-refractivity contribution is 5.69. The molecule has 1 heteroatoms. The smallest absolute Gasteiger partial charge is 0.0681 e. The summed E-state index contributed by atoms with van der Waals surface area (Å²) in [7, 11) is 0. The van der Waals surface area contributed by atoms with Crippen LogP contribution < -0.4 is 0 Å². The van der Waals surface area contributed by atoms with Gasteiger partial charge in [-0.15, -0.1) is 0 Å². The lowest BCUT2D eigenvalue weighted by Gasteiger charge is -2.13. The molecule has 0 aromatic heterocycles. The molecule has 0 aliphatic heterocycles. The van der Waals surface area contributed by atoms with Crippen molar-refractivity contribution in [3.8, 4) is 11.1 Å². The van der Waals surface area contributed by atoms with Gasteiger partial charge in [-0.3, -0.25) is 0 Å². The monoisotopic (exact) mass is 262 g/mol. The number of aliphatic hydroxyl groups is 1. The van der Waals surface area contributed by atoms with Gasteiger partial charge in [-0.1, -0.05) is 72.3 Å². The van der Waals surface area contributed by atoms with Crippen LogP contribution in [-0.4, -0.2) is 5.11 Å². The zero-order valence-corrected chi connectivity index (χ0v) is 11.6. The zero-order chi connectivity index (χ0) is 13.9. The lowest BCUT2D eigenvalue weighted by molar-refractivity contribution is 0.282. The predicted molar refractivity (Wildman–Crippen MR) is 83.4 cm³/mol. The molecule has 2 aromatic rings. The lowest BCUT2D eigenvalue weighted by Crippen LogP contribution is -1.93. The summed E-state index contributed by atoms with van der Waals surface area (Å²) >= 11 is 0. The molecule has 20 heavy (non-hydrogen) atoms. The molecule has 0 saturated heterocycles. The van der Waals surface area contributed by atoms with Gasteiger partial charge in [0.2, 0.25) is 0 Å². The highest BCUT2D eigenvalue weighted by Gasteiger charge is 2.14. The molecule has 0 fully saturated rings. The maximum Gasteiger partial charge on any atom is 0.0681 e. The van der Waals surface area contributed by atoms with E-state index in [9.17, 15) is 0 Å². The van der Waals surface area contributed by atoms with Crippen molar-refractivity contribution in [2.24, 2.45) is 0 Å². The van der Waals surface area contributed by atoms with Crippen LogP contribution in [0.5, 0.6) is 0 Å². The summed E-state index contributed by atoms with van der Waals surface area (Å²) in [5.41, 5.74) is 6.06. The van der Waals surface area contributed by atoms with Gasteiger partial charge < -0.3 is 5.11 Å². The van der Waals surface area contributed by atoms with E-state index in [1.807, 2.05) is 12.1 Å². The minimum Gasteiger partial charge on any atom is -0.392 e. The van der Waals surface area contributed by atoms with E-state index >= 15 is 0 Å². The summed E-state index contributed by atoms with van der Waals surface area (Å²) in [6.07, 6.45) is 6.72. The minimum atomic E-state index is 0.0925. The van der Waals surface area contributed by atoms with Gasteiger partial charge in [-0.2, -0.15) is 0 Å². The molecule has 1 nitrogen and oxygen atoms in total. The van der Waals surface area contributed by atoms with E-state index in [1.165, 1.54) is 22.3 Å². The summed E-state index contributed by atoms with van der Waals surface area (Å²) in [4.78, 5) is 0. The standard InChI is InChI=1S/C19H18O/c1-14-6-9-17(12-14)19-5-3-2-4-18(19)16-10-7-15(13-20)8-11-16/h2-12,17,20H,13H2,1H3. The second kappa shape index (κ2) is 5.48. The van der Waals surface area contributed by atoms with Crippen molar-refractivity contribution in [3.63, 3.8) is 0 Å². The Morgan fingerprint density at radius 3 is 2.40 bits per heavy atom. The fourth-order valence-electron chi connectivity index (χ4n) is 2.68. The number of hydrogen-bond donors (Lipinski definition) is 1. The summed E-state index contributed by atoms with van der Waals surface area (Å²) in [5, 5.41) is 9.14. The maximum atomic E-state index is 9.14. The van der Waals surface area contributed by atoms with Gasteiger partial charge in [0.05, 0.1) is 6.61 Å². The van der Waals surface area contributed by atoms with Crippen LogP contribution in [0.3, 0.4) is 0 Å². The van der Waals surface area contributed by atoms with Crippen LogP contribution in [0.1, 0.15) is 24.0 Å². The van der Waals surface area contributed by atoms with Gasteiger partial charge in [-0.25, -0.2) is 0 Å². The van der Waals surface area contributed by atoms with Crippen LogP contribution >= 0.6 is 0 Å². The van der Waals surface area contributed by atoms with Crippen LogP contribution in [0, 0.1) is 0 Å². The topological polar surface area (TPSA) is 20.2 Å². The molecule has 1 unspecified atom stereocenters. The number of benzene rings is 2. The first-order chi connectivity index (χ1) is 9.78. The van der Waals surface area contributed by atoms with E-state index < -0.39 is 0 Å². The quantitative estimate of drug-likeness (QED) is 0.866. The van der Waals surface area contributed by atoms with E-state index in [0.717, 1.165) is 5.56 Å². The average Bonchev–Trinajstić information content (AvgIpc) is 2.94. The third kappa shape index (κ3) is 2.45. The van der Waals surface area contributed by atoms with Crippen LogP contribution in [0.4, 0.5) is 0 Å².